The molecule has 0 aliphatic carbocycles. The lowest BCUT2D eigenvalue weighted by Gasteiger charge is -2.08. The molecule has 9 heteroatoms. The lowest BCUT2D eigenvalue weighted by atomic mass is 9.95. The summed E-state index contributed by atoms with van der Waals surface area (Å²) in [5, 5.41) is 26.9. The summed E-state index contributed by atoms with van der Waals surface area (Å²) in [7, 11) is 0. The van der Waals surface area contributed by atoms with Crippen molar-refractivity contribution in [3.63, 3.8) is 0 Å². The van der Waals surface area contributed by atoms with Crippen molar-refractivity contribution in [2.75, 3.05) is 0 Å². The fourth-order valence-electron chi connectivity index (χ4n) is 2.61. The SMILES string of the molecule is Cc1noc(C)c1-c1c(-c2cc(F)c(O)c(F)c2)csc1/C(N)=N\O. The Kier molecular flexibility index (Phi) is 4.17. The number of nitrogens with two attached hydrogens (primary N) is 1. The summed E-state index contributed by atoms with van der Waals surface area (Å²) < 4.78 is 32.7. The van der Waals surface area contributed by atoms with E-state index in [-0.39, 0.29) is 11.4 Å². The number of aromatic hydroxyl groups is 1. The smallest absolute Gasteiger partial charge is 0.187 e. The van der Waals surface area contributed by atoms with Crippen LogP contribution in [0.25, 0.3) is 22.3 Å². The molecule has 0 aliphatic rings. The largest absolute Gasteiger partial charge is 0.503 e. The third-order valence-electron chi connectivity index (χ3n) is 3.74. The summed E-state index contributed by atoms with van der Waals surface area (Å²) >= 11 is 1.14. The van der Waals surface area contributed by atoms with Gasteiger partial charge in [-0.05, 0) is 36.9 Å². The molecule has 0 atom stereocenters. The number of hydrogen-bond acceptors (Lipinski definition) is 6. The van der Waals surface area contributed by atoms with Crippen molar-refractivity contribution in [1.82, 2.24) is 5.16 Å². The van der Waals surface area contributed by atoms with Crippen molar-refractivity contribution in [3.8, 4) is 28.0 Å². The molecular weight excluding hydrogens is 352 g/mol. The number of hydrogen-bond donors (Lipinski definition) is 3. The fourth-order valence-corrected chi connectivity index (χ4v) is 3.59. The maximum atomic E-state index is 13.8. The Morgan fingerprint density at radius 3 is 2.40 bits per heavy atom. The first-order valence-electron chi connectivity index (χ1n) is 7.06. The van der Waals surface area contributed by atoms with Crippen LogP contribution in [-0.4, -0.2) is 21.3 Å². The van der Waals surface area contributed by atoms with Crippen molar-refractivity contribution < 1.29 is 23.6 Å². The topological polar surface area (TPSA) is 105 Å². The zero-order valence-corrected chi connectivity index (χ0v) is 14.0. The molecule has 2 aromatic heterocycles. The Balaban J connectivity index is 2.35. The standard InChI is InChI=1S/C16H13F2N3O3S/c1-6-12(7(2)24-21-6)13-9(5-25-15(13)16(19)20-23)8-3-10(17)14(22)11(18)4-8/h3-5,22-23H,1-2H3,(H2,19,20). The lowest BCUT2D eigenvalue weighted by molar-refractivity contribution is 0.319. The number of halogens is 2. The lowest BCUT2D eigenvalue weighted by Crippen LogP contribution is -2.12. The second kappa shape index (κ2) is 6.17. The molecule has 0 amide bonds. The van der Waals surface area contributed by atoms with Crippen molar-refractivity contribution in [3.05, 3.63) is 45.5 Å². The molecule has 0 saturated heterocycles. The fraction of sp³-hybridized carbons (Fsp3) is 0.125. The molecule has 0 spiro atoms. The highest BCUT2D eigenvalue weighted by atomic mass is 32.1. The number of benzene rings is 1. The minimum absolute atomic E-state index is 0.147. The summed E-state index contributed by atoms with van der Waals surface area (Å²) in [4.78, 5) is 0.404. The third-order valence-corrected chi connectivity index (χ3v) is 4.75. The Bertz CT molecular complexity index is 952. The van der Waals surface area contributed by atoms with Crippen LogP contribution in [0.4, 0.5) is 8.78 Å². The molecule has 0 saturated carbocycles. The average molecular weight is 365 g/mol. The summed E-state index contributed by atoms with van der Waals surface area (Å²) in [6.45, 7) is 3.39. The average Bonchev–Trinajstić information content (AvgIpc) is 3.14. The maximum Gasteiger partial charge on any atom is 0.187 e. The van der Waals surface area contributed by atoms with Crippen LogP contribution in [0.1, 0.15) is 16.3 Å². The first-order valence-corrected chi connectivity index (χ1v) is 7.94. The van der Waals surface area contributed by atoms with Crippen LogP contribution in [0, 0.1) is 25.5 Å². The Morgan fingerprint density at radius 1 is 1.24 bits per heavy atom. The van der Waals surface area contributed by atoms with E-state index in [1.54, 1.807) is 19.2 Å². The van der Waals surface area contributed by atoms with Gasteiger partial charge in [-0.15, -0.1) is 11.3 Å². The third kappa shape index (κ3) is 2.72. The van der Waals surface area contributed by atoms with Crippen molar-refractivity contribution in [1.29, 1.82) is 0 Å². The molecular formula is C16H13F2N3O3S. The predicted octanol–water partition coefficient (Wildman–Crippen LogP) is 3.77. The normalized spacial score (nSPS) is 11.9. The zero-order valence-electron chi connectivity index (χ0n) is 13.2. The molecule has 4 N–H and O–H groups in total. The molecule has 0 unspecified atom stereocenters. The number of oxime groups is 1. The van der Waals surface area contributed by atoms with Crippen LogP contribution in [0.3, 0.4) is 0 Å². The molecule has 130 valence electrons. The molecule has 3 aromatic rings. The van der Waals surface area contributed by atoms with Gasteiger partial charge in [0, 0.05) is 16.7 Å². The molecule has 0 fully saturated rings. The number of aryl methyl sites for hydroxylation is 2. The summed E-state index contributed by atoms with van der Waals surface area (Å²) in [5.41, 5.74) is 8.00. The highest BCUT2D eigenvalue weighted by Crippen LogP contribution is 2.43. The van der Waals surface area contributed by atoms with E-state index in [4.69, 9.17) is 15.5 Å². The van der Waals surface area contributed by atoms with Gasteiger partial charge in [0.25, 0.3) is 0 Å². The second-order valence-corrected chi connectivity index (χ2v) is 6.21. The molecule has 0 bridgehead atoms. The molecule has 25 heavy (non-hydrogen) atoms. The van der Waals surface area contributed by atoms with E-state index < -0.39 is 17.4 Å². The minimum atomic E-state index is -1.09. The van der Waals surface area contributed by atoms with E-state index in [0.717, 1.165) is 23.5 Å². The molecule has 2 heterocycles. The molecule has 3 rings (SSSR count). The van der Waals surface area contributed by atoms with E-state index >= 15 is 0 Å². The van der Waals surface area contributed by atoms with Crippen LogP contribution in [0.5, 0.6) is 5.75 Å². The first-order chi connectivity index (χ1) is 11.8. The number of amidine groups is 1. The van der Waals surface area contributed by atoms with Crippen LogP contribution >= 0.6 is 11.3 Å². The minimum Gasteiger partial charge on any atom is -0.503 e. The van der Waals surface area contributed by atoms with Gasteiger partial charge in [-0.3, -0.25) is 0 Å². The highest BCUT2D eigenvalue weighted by molar-refractivity contribution is 7.13. The first kappa shape index (κ1) is 16.9. The highest BCUT2D eigenvalue weighted by Gasteiger charge is 2.25. The number of phenolic OH excluding ortho intramolecular Hbond substituents is 1. The molecule has 0 aliphatic heterocycles. The van der Waals surface area contributed by atoms with E-state index in [1.807, 2.05) is 0 Å². The van der Waals surface area contributed by atoms with E-state index in [0.29, 0.717) is 33.0 Å². The van der Waals surface area contributed by atoms with Gasteiger partial charge in [0.1, 0.15) is 5.76 Å². The van der Waals surface area contributed by atoms with Gasteiger partial charge in [-0.25, -0.2) is 8.78 Å². The van der Waals surface area contributed by atoms with Gasteiger partial charge >= 0.3 is 0 Å². The van der Waals surface area contributed by atoms with Crippen LogP contribution < -0.4 is 5.73 Å². The number of rotatable bonds is 3. The van der Waals surface area contributed by atoms with E-state index in [9.17, 15) is 13.9 Å². The van der Waals surface area contributed by atoms with Gasteiger partial charge < -0.3 is 20.6 Å². The van der Waals surface area contributed by atoms with Gasteiger partial charge in [0.2, 0.25) is 0 Å². The van der Waals surface area contributed by atoms with Crippen LogP contribution in [0.15, 0.2) is 27.2 Å². The maximum absolute atomic E-state index is 13.8. The number of aromatic nitrogens is 1. The predicted molar refractivity (Wildman–Crippen MR) is 88.8 cm³/mol. The number of thiophene rings is 1. The molecule has 1 aromatic carbocycles. The Morgan fingerprint density at radius 2 is 1.88 bits per heavy atom. The van der Waals surface area contributed by atoms with E-state index in [2.05, 4.69) is 10.3 Å². The molecule has 0 radical (unpaired) electrons. The van der Waals surface area contributed by atoms with Crippen LogP contribution in [-0.2, 0) is 0 Å². The molecule has 6 nitrogen and oxygen atoms in total. The Labute approximate surface area is 144 Å². The number of phenols is 1. The van der Waals surface area contributed by atoms with Crippen molar-refractivity contribution >= 4 is 17.2 Å². The summed E-state index contributed by atoms with van der Waals surface area (Å²) in [5.74, 6) is -2.89. The monoisotopic (exact) mass is 365 g/mol. The van der Waals surface area contributed by atoms with Gasteiger partial charge in [-0.1, -0.05) is 10.3 Å². The van der Waals surface area contributed by atoms with Crippen molar-refractivity contribution in [2.24, 2.45) is 10.9 Å². The second-order valence-electron chi connectivity index (χ2n) is 5.33. The summed E-state index contributed by atoms with van der Waals surface area (Å²) in [6.07, 6.45) is 0. The number of nitrogens with zero attached hydrogens (tertiary/aromatic N) is 2. The summed E-state index contributed by atoms with van der Waals surface area (Å²) in [6, 6.07) is 2.02. The van der Waals surface area contributed by atoms with Crippen molar-refractivity contribution in [2.45, 2.75) is 13.8 Å². The Hall–Kier alpha value is -2.94. The van der Waals surface area contributed by atoms with Gasteiger partial charge in [0.15, 0.2) is 23.2 Å². The quantitative estimate of drug-likeness (QED) is 0.284. The van der Waals surface area contributed by atoms with Crippen LogP contribution in [0.2, 0.25) is 0 Å². The zero-order chi connectivity index (χ0) is 18.3. The van der Waals surface area contributed by atoms with E-state index in [1.165, 1.54) is 0 Å². The van der Waals surface area contributed by atoms with Gasteiger partial charge in [0.05, 0.1) is 10.6 Å². The van der Waals surface area contributed by atoms with Gasteiger partial charge in [-0.2, -0.15) is 0 Å².